The molecule has 0 saturated heterocycles. The van der Waals surface area contributed by atoms with Crippen molar-refractivity contribution in [2.75, 3.05) is 5.75 Å². The van der Waals surface area contributed by atoms with Crippen LogP contribution < -0.4 is 0 Å². The first-order valence-electron chi connectivity index (χ1n) is 5.03. The molecule has 1 aliphatic rings. The quantitative estimate of drug-likeness (QED) is 0.777. The number of hydrogen-bond acceptors (Lipinski definition) is 3. The average molecular weight is 226 g/mol. The predicted molar refractivity (Wildman–Crippen MR) is 58.0 cm³/mol. The van der Waals surface area contributed by atoms with Gasteiger partial charge in [0.2, 0.25) is 0 Å². The first-order valence-corrected chi connectivity index (χ1v) is 6.02. The second-order valence-corrected chi connectivity index (χ2v) is 4.89. The van der Waals surface area contributed by atoms with Crippen molar-refractivity contribution < 1.29 is 9.90 Å². The highest BCUT2D eigenvalue weighted by Crippen LogP contribution is 2.32. The molecule has 0 radical (unpaired) electrons. The molecule has 1 aromatic heterocycles. The monoisotopic (exact) mass is 226 g/mol. The fourth-order valence-corrected chi connectivity index (χ4v) is 2.23. The lowest BCUT2D eigenvalue weighted by Gasteiger charge is -2.04. The Kier molecular flexibility index (Phi) is 3.00. The molecule has 0 atom stereocenters. The van der Waals surface area contributed by atoms with Gasteiger partial charge in [-0.25, -0.2) is 4.98 Å². The van der Waals surface area contributed by atoms with Crippen LogP contribution >= 0.6 is 11.8 Å². The minimum atomic E-state index is -0.793. The third-order valence-electron chi connectivity index (χ3n) is 2.34. The summed E-state index contributed by atoms with van der Waals surface area (Å²) >= 11 is 1.30. The lowest BCUT2D eigenvalue weighted by atomic mass is 10.4. The summed E-state index contributed by atoms with van der Waals surface area (Å²) < 4.78 is 2.08. The van der Waals surface area contributed by atoms with E-state index in [9.17, 15) is 4.79 Å². The van der Waals surface area contributed by atoms with Crippen LogP contribution in [0, 0.1) is 12.8 Å². The van der Waals surface area contributed by atoms with E-state index in [1.165, 1.54) is 24.6 Å². The Morgan fingerprint density at radius 2 is 2.47 bits per heavy atom. The largest absolute Gasteiger partial charge is 0.481 e. The first kappa shape index (κ1) is 10.5. The van der Waals surface area contributed by atoms with Gasteiger partial charge in [-0.15, -0.1) is 0 Å². The Hall–Kier alpha value is -0.970. The predicted octanol–water partition coefficient (Wildman–Crippen LogP) is 1.78. The number of carboxylic acid groups (broad SMARTS) is 1. The molecule has 1 aromatic rings. The molecule has 1 saturated carbocycles. The van der Waals surface area contributed by atoms with Gasteiger partial charge in [-0.05, 0) is 25.7 Å². The highest BCUT2D eigenvalue weighted by Gasteiger charge is 2.23. The summed E-state index contributed by atoms with van der Waals surface area (Å²) in [5.74, 6) is 0.0719. The molecule has 0 bridgehead atoms. The molecule has 1 N–H and O–H groups in total. The molecule has 0 aromatic carbocycles. The Labute approximate surface area is 92.7 Å². The summed E-state index contributed by atoms with van der Waals surface area (Å²) in [5.41, 5.74) is 0.962. The van der Waals surface area contributed by atoms with Crippen molar-refractivity contribution in [3.63, 3.8) is 0 Å². The van der Waals surface area contributed by atoms with Crippen molar-refractivity contribution in [2.24, 2.45) is 5.92 Å². The van der Waals surface area contributed by atoms with Crippen LogP contribution in [0.15, 0.2) is 11.4 Å². The zero-order valence-corrected chi connectivity index (χ0v) is 9.46. The van der Waals surface area contributed by atoms with E-state index in [2.05, 4.69) is 9.55 Å². The van der Waals surface area contributed by atoms with E-state index in [0.29, 0.717) is 0 Å². The normalized spacial score (nSPS) is 15.5. The van der Waals surface area contributed by atoms with Crippen molar-refractivity contribution in [1.29, 1.82) is 0 Å². The van der Waals surface area contributed by atoms with Gasteiger partial charge < -0.3 is 9.67 Å². The van der Waals surface area contributed by atoms with Crippen molar-refractivity contribution in [3.05, 3.63) is 11.9 Å². The third kappa shape index (κ3) is 2.99. The van der Waals surface area contributed by atoms with E-state index in [-0.39, 0.29) is 5.75 Å². The Balaban J connectivity index is 2.02. The zero-order valence-electron chi connectivity index (χ0n) is 8.64. The van der Waals surface area contributed by atoms with Gasteiger partial charge >= 0.3 is 5.97 Å². The van der Waals surface area contributed by atoms with Crippen LogP contribution in [0.1, 0.15) is 18.5 Å². The second kappa shape index (κ2) is 4.26. The van der Waals surface area contributed by atoms with Crippen LogP contribution in [0.5, 0.6) is 0 Å². The molecule has 1 aliphatic carbocycles. The number of aliphatic carboxylic acids is 1. The molecule has 0 amide bonds. The van der Waals surface area contributed by atoms with E-state index in [1.54, 1.807) is 0 Å². The number of carbonyl (C=O) groups is 1. The number of aromatic nitrogens is 2. The van der Waals surface area contributed by atoms with Gasteiger partial charge in [-0.3, -0.25) is 4.79 Å². The van der Waals surface area contributed by atoms with Crippen molar-refractivity contribution in [3.8, 4) is 0 Å². The highest BCUT2D eigenvalue weighted by atomic mass is 32.2. The average Bonchev–Trinajstić information content (AvgIpc) is 2.88. The Morgan fingerprint density at radius 3 is 3.07 bits per heavy atom. The van der Waals surface area contributed by atoms with Gasteiger partial charge in [-0.2, -0.15) is 0 Å². The van der Waals surface area contributed by atoms with Crippen LogP contribution in [-0.4, -0.2) is 26.4 Å². The maximum absolute atomic E-state index is 10.5. The Morgan fingerprint density at radius 1 is 1.73 bits per heavy atom. The van der Waals surface area contributed by atoms with Gasteiger partial charge in [0.15, 0.2) is 5.16 Å². The molecule has 4 nitrogen and oxygen atoms in total. The van der Waals surface area contributed by atoms with Crippen molar-refractivity contribution in [1.82, 2.24) is 9.55 Å². The van der Waals surface area contributed by atoms with E-state index in [4.69, 9.17) is 5.11 Å². The first-order chi connectivity index (χ1) is 7.15. The van der Waals surface area contributed by atoms with E-state index >= 15 is 0 Å². The Bertz CT molecular complexity index is 371. The van der Waals surface area contributed by atoms with Crippen LogP contribution in [0.2, 0.25) is 0 Å². The van der Waals surface area contributed by atoms with Gasteiger partial charge in [0.1, 0.15) is 0 Å². The molecule has 1 fully saturated rings. The van der Waals surface area contributed by atoms with Crippen molar-refractivity contribution >= 4 is 17.7 Å². The highest BCUT2D eigenvalue weighted by molar-refractivity contribution is 7.99. The molecule has 0 unspecified atom stereocenters. The standard InChI is InChI=1S/C10H14N2O2S/c1-7-4-12(5-8-2-3-8)10(11-7)15-6-9(13)14/h4,8H,2-3,5-6H2,1H3,(H,13,14). The minimum absolute atomic E-state index is 0.0844. The summed E-state index contributed by atoms with van der Waals surface area (Å²) in [7, 11) is 0. The lowest BCUT2D eigenvalue weighted by molar-refractivity contribution is -0.133. The smallest absolute Gasteiger partial charge is 0.313 e. The summed E-state index contributed by atoms with van der Waals surface area (Å²) in [5, 5.41) is 9.44. The van der Waals surface area contributed by atoms with Gasteiger partial charge in [0, 0.05) is 12.7 Å². The fraction of sp³-hybridized carbons (Fsp3) is 0.600. The summed E-state index contributed by atoms with van der Waals surface area (Å²) in [6.07, 6.45) is 4.59. The maximum Gasteiger partial charge on any atom is 0.313 e. The van der Waals surface area contributed by atoms with E-state index < -0.39 is 5.97 Å². The third-order valence-corrected chi connectivity index (χ3v) is 3.31. The number of nitrogens with zero attached hydrogens (tertiary/aromatic N) is 2. The number of imidazole rings is 1. The summed E-state index contributed by atoms with van der Waals surface area (Å²) in [4.78, 5) is 14.8. The number of thioether (sulfide) groups is 1. The van der Waals surface area contributed by atoms with Gasteiger partial charge in [0.25, 0.3) is 0 Å². The van der Waals surface area contributed by atoms with Crippen LogP contribution in [0.3, 0.4) is 0 Å². The SMILES string of the molecule is Cc1cn(CC2CC2)c(SCC(=O)O)n1. The van der Waals surface area contributed by atoms with Gasteiger partial charge in [0.05, 0.1) is 11.4 Å². The number of rotatable bonds is 5. The number of carboxylic acids is 1. The molecule has 1 heterocycles. The fourth-order valence-electron chi connectivity index (χ4n) is 1.48. The molecule has 15 heavy (non-hydrogen) atoms. The van der Waals surface area contributed by atoms with Crippen molar-refractivity contribution in [2.45, 2.75) is 31.5 Å². The maximum atomic E-state index is 10.5. The van der Waals surface area contributed by atoms with Crippen LogP contribution in [0.25, 0.3) is 0 Å². The molecule has 5 heteroatoms. The number of aryl methyl sites for hydroxylation is 1. The molecule has 0 aliphatic heterocycles. The zero-order chi connectivity index (χ0) is 10.8. The molecular formula is C10H14N2O2S. The summed E-state index contributed by atoms with van der Waals surface area (Å²) in [6.45, 7) is 2.93. The van der Waals surface area contributed by atoms with Crippen LogP contribution in [0.4, 0.5) is 0 Å². The van der Waals surface area contributed by atoms with Gasteiger partial charge in [-0.1, -0.05) is 11.8 Å². The molecule has 0 spiro atoms. The lowest BCUT2D eigenvalue weighted by Crippen LogP contribution is -2.03. The molecule has 2 rings (SSSR count). The molecular weight excluding hydrogens is 212 g/mol. The van der Waals surface area contributed by atoms with Crippen LogP contribution in [-0.2, 0) is 11.3 Å². The minimum Gasteiger partial charge on any atom is -0.481 e. The van der Waals surface area contributed by atoms with E-state index in [1.807, 2.05) is 13.1 Å². The number of hydrogen-bond donors (Lipinski definition) is 1. The second-order valence-electron chi connectivity index (χ2n) is 3.94. The van der Waals surface area contributed by atoms with E-state index in [0.717, 1.165) is 23.3 Å². The topological polar surface area (TPSA) is 55.1 Å². The summed E-state index contributed by atoms with van der Waals surface area (Å²) in [6, 6.07) is 0. The molecule has 82 valence electrons.